The summed E-state index contributed by atoms with van der Waals surface area (Å²) in [4.78, 5) is 6.00. The molecule has 2 rings (SSSR count). The molecule has 0 bridgehead atoms. The zero-order valence-corrected chi connectivity index (χ0v) is 8.91. The molecular weight excluding hydrogens is 219 g/mol. The van der Waals surface area contributed by atoms with Crippen LogP contribution < -0.4 is 10.6 Å². The Balaban J connectivity index is 2.15. The predicted molar refractivity (Wildman–Crippen MR) is 58.2 cm³/mol. The Hall–Kier alpha value is -1.07. The molecule has 0 spiro atoms. The highest BCUT2D eigenvalue weighted by Gasteiger charge is 2.18. The normalized spacial score (nSPS) is 18.1. The minimum absolute atomic E-state index is 0.373. The smallest absolute Gasteiger partial charge is 0.152 e. The molecule has 1 saturated heterocycles. The molecule has 0 radical (unpaired) electrons. The molecule has 0 amide bonds. The van der Waals surface area contributed by atoms with Crippen LogP contribution in [-0.4, -0.2) is 35.6 Å². The van der Waals surface area contributed by atoms with Crippen molar-refractivity contribution in [1.82, 2.24) is 9.40 Å². The number of hydrogen-bond acceptors (Lipinski definition) is 4. The molecule has 0 saturated carbocycles. The minimum Gasteiger partial charge on any atom is -0.396 e. The van der Waals surface area contributed by atoms with Crippen LogP contribution in [0.15, 0.2) is 12.3 Å². The Labute approximate surface area is 92.5 Å². The van der Waals surface area contributed by atoms with Crippen molar-refractivity contribution >= 4 is 23.3 Å². The van der Waals surface area contributed by atoms with Gasteiger partial charge in [-0.25, -0.2) is 13.8 Å². The van der Waals surface area contributed by atoms with E-state index in [-0.39, 0.29) is 0 Å². The highest BCUT2D eigenvalue weighted by atomic mass is 35.5. The Bertz CT molecular complexity index is 352. The Kier molecular flexibility index (Phi) is 2.93. The topological polar surface area (TPSA) is 45.4 Å². The van der Waals surface area contributed by atoms with Crippen molar-refractivity contribution in [3.05, 3.63) is 18.1 Å². The summed E-state index contributed by atoms with van der Waals surface area (Å²) in [6.45, 7) is 3.01. The lowest BCUT2D eigenvalue weighted by molar-refractivity contribution is 0.415. The number of hydrogen-bond donors (Lipinski definition) is 1. The molecule has 1 fully saturated rings. The number of piperazine rings is 1. The lowest BCUT2D eigenvalue weighted by Gasteiger charge is -2.32. The molecule has 0 unspecified atom stereocenters. The Morgan fingerprint density at radius 2 is 2.00 bits per heavy atom. The predicted octanol–water partition coefficient (Wildman–Crippen LogP) is 1.08. The van der Waals surface area contributed by atoms with Crippen LogP contribution in [0, 0.1) is 5.82 Å². The van der Waals surface area contributed by atoms with Gasteiger partial charge in [0.25, 0.3) is 0 Å². The van der Waals surface area contributed by atoms with Crippen LogP contribution in [0.2, 0.25) is 0 Å². The molecule has 2 N–H and O–H groups in total. The van der Waals surface area contributed by atoms with Gasteiger partial charge < -0.3 is 10.6 Å². The maximum atomic E-state index is 12.8. The zero-order valence-electron chi connectivity index (χ0n) is 8.16. The van der Waals surface area contributed by atoms with Gasteiger partial charge in [0, 0.05) is 32.2 Å². The molecular formula is C9H12ClFN4. The van der Waals surface area contributed by atoms with E-state index in [9.17, 15) is 4.39 Å². The Morgan fingerprint density at radius 3 is 2.60 bits per heavy atom. The second-order valence-corrected chi connectivity index (χ2v) is 3.94. The molecule has 1 aliphatic heterocycles. The van der Waals surface area contributed by atoms with Crippen molar-refractivity contribution in [2.45, 2.75) is 0 Å². The molecule has 0 atom stereocenters. The first-order valence-corrected chi connectivity index (χ1v) is 5.07. The van der Waals surface area contributed by atoms with Crippen LogP contribution in [0.25, 0.3) is 0 Å². The molecule has 0 aromatic carbocycles. The summed E-state index contributed by atoms with van der Waals surface area (Å²) in [5.74, 6) is 0.230. The first-order valence-electron chi connectivity index (χ1n) is 4.73. The zero-order chi connectivity index (χ0) is 10.8. The standard InChI is InChI=1S/C9H12ClFN4/c10-15-3-1-14(2-4-15)9-8(12)5-7(11)6-13-9/h5-6H,1-4,12H2. The first kappa shape index (κ1) is 10.4. The van der Waals surface area contributed by atoms with E-state index in [0.717, 1.165) is 26.2 Å². The average molecular weight is 231 g/mol. The van der Waals surface area contributed by atoms with Crippen LogP contribution >= 0.6 is 11.8 Å². The van der Waals surface area contributed by atoms with Crippen LogP contribution in [0.1, 0.15) is 0 Å². The summed E-state index contributed by atoms with van der Waals surface area (Å²) in [6, 6.07) is 1.29. The number of anilines is 2. The molecule has 1 aromatic rings. The molecule has 82 valence electrons. The van der Waals surface area contributed by atoms with Crippen LogP contribution in [0.3, 0.4) is 0 Å². The summed E-state index contributed by atoms with van der Waals surface area (Å²) < 4.78 is 14.5. The van der Waals surface area contributed by atoms with Crippen molar-refractivity contribution in [2.75, 3.05) is 36.8 Å². The van der Waals surface area contributed by atoms with Gasteiger partial charge in [-0.2, -0.15) is 0 Å². The Morgan fingerprint density at radius 1 is 1.33 bits per heavy atom. The van der Waals surface area contributed by atoms with Gasteiger partial charge in [-0.1, -0.05) is 0 Å². The lowest BCUT2D eigenvalue weighted by atomic mass is 10.3. The quantitative estimate of drug-likeness (QED) is 0.734. The highest BCUT2D eigenvalue weighted by molar-refractivity contribution is 6.13. The largest absolute Gasteiger partial charge is 0.396 e. The second kappa shape index (κ2) is 4.20. The molecule has 1 aromatic heterocycles. The minimum atomic E-state index is -0.410. The first-order chi connectivity index (χ1) is 7.16. The molecule has 0 aliphatic carbocycles. The van der Waals surface area contributed by atoms with E-state index in [0.29, 0.717) is 11.5 Å². The average Bonchev–Trinajstić information content (AvgIpc) is 2.20. The fourth-order valence-corrected chi connectivity index (χ4v) is 1.76. The third-order valence-electron chi connectivity index (χ3n) is 2.39. The number of nitrogens with two attached hydrogens (primary N) is 1. The van der Waals surface area contributed by atoms with Crippen molar-refractivity contribution in [3.8, 4) is 0 Å². The van der Waals surface area contributed by atoms with E-state index in [4.69, 9.17) is 17.5 Å². The number of nitrogen functional groups attached to an aromatic ring is 1. The number of rotatable bonds is 1. The SMILES string of the molecule is Nc1cc(F)cnc1N1CCN(Cl)CC1. The molecule has 4 nitrogen and oxygen atoms in total. The van der Waals surface area contributed by atoms with Gasteiger partial charge >= 0.3 is 0 Å². The van der Waals surface area contributed by atoms with Gasteiger partial charge in [0.2, 0.25) is 0 Å². The number of pyridine rings is 1. The maximum Gasteiger partial charge on any atom is 0.152 e. The summed E-state index contributed by atoms with van der Waals surface area (Å²) in [6.07, 6.45) is 1.18. The fourth-order valence-electron chi connectivity index (χ4n) is 1.61. The highest BCUT2D eigenvalue weighted by Crippen LogP contribution is 2.22. The number of halogens is 2. The van der Waals surface area contributed by atoms with Gasteiger partial charge in [-0.05, 0) is 11.8 Å². The summed E-state index contributed by atoms with van der Waals surface area (Å²) in [5.41, 5.74) is 6.07. The molecule has 6 heteroatoms. The van der Waals surface area contributed by atoms with E-state index in [1.807, 2.05) is 4.90 Å². The van der Waals surface area contributed by atoms with Crippen LogP contribution in [-0.2, 0) is 0 Å². The van der Waals surface area contributed by atoms with E-state index in [1.165, 1.54) is 12.3 Å². The van der Waals surface area contributed by atoms with Crippen molar-refractivity contribution in [1.29, 1.82) is 0 Å². The van der Waals surface area contributed by atoms with Gasteiger partial charge in [-0.3, -0.25) is 0 Å². The van der Waals surface area contributed by atoms with Crippen LogP contribution in [0.4, 0.5) is 15.9 Å². The van der Waals surface area contributed by atoms with Crippen molar-refractivity contribution < 1.29 is 4.39 Å². The van der Waals surface area contributed by atoms with E-state index in [1.54, 1.807) is 4.42 Å². The van der Waals surface area contributed by atoms with Gasteiger partial charge in [0.15, 0.2) is 5.82 Å². The van der Waals surface area contributed by atoms with Crippen molar-refractivity contribution in [3.63, 3.8) is 0 Å². The summed E-state index contributed by atoms with van der Waals surface area (Å²) in [5, 5.41) is 0. The third kappa shape index (κ3) is 2.30. The van der Waals surface area contributed by atoms with E-state index < -0.39 is 5.82 Å². The summed E-state index contributed by atoms with van der Waals surface area (Å²) in [7, 11) is 0. The summed E-state index contributed by atoms with van der Waals surface area (Å²) >= 11 is 5.83. The van der Waals surface area contributed by atoms with Gasteiger partial charge in [0.1, 0.15) is 5.82 Å². The van der Waals surface area contributed by atoms with E-state index in [2.05, 4.69) is 4.98 Å². The molecule has 1 aliphatic rings. The monoisotopic (exact) mass is 230 g/mol. The number of aromatic nitrogens is 1. The molecule has 2 heterocycles. The van der Waals surface area contributed by atoms with Gasteiger partial charge in [-0.15, -0.1) is 0 Å². The number of nitrogens with zero attached hydrogens (tertiary/aromatic N) is 3. The van der Waals surface area contributed by atoms with Crippen molar-refractivity contribution in [2.24, 2.45) is 0 Å². The lowest BCUT2D eigenvalue weighted by Crippen LogP contribution is -2.43. The fraction of sp³-hybridized carbons (Fsp3) is 0.444. The van der Waals surface area contributed by atoms with Crippen LogP contribution in [0.5, 0.6) is 0 Å². The second-order valence-electron chi connectivity index (χ2n) is 3.46. The maximum absolute atomic E-state index is 12.8. The van der Waals surface area contributed by atoms with Gasteiger partial charge in [0.05, 0.1) is 11.9 Å². The molecule has 15 heavy (non-hydrogen) atoms. The van der Waals surface area contributed by atoms with E-state index >= 15 is 0 Å². The third-order valence-corrected chi connectivity index (χ3v) is 2.72.